The zero-order valence-electron chi connectivity index (χ0n) is 5.79. The van der Waals surface area contributed by atoms with Crippen LogP contribution in [0.3, 0.4) is 0 Å². The molecule has 0 spiro atoms. The Labute approximate surface area is 60.8 Å². The summed E-state index contributed by atoms with van der Waals surface area (Å²) in [6.45, 7) is 1.29. The molecule has 0 aromatic rings. The molecule has 0 N–H and O–H groups in total. The Morgan fingerprint density at radius 1 is 1.00 bits per heavy atom. The van der Waals surface area contributed by atoms with Crippen molar-refractivity contribution in [1.29, 1.82) is 0 Å². The summed E-state index contributed by atoms with van der Waals surface area (Å²) in [6, 6.07) is 0. The topological polar surface area (TPSA) is 0 Å². The van der Waals surface area contributed by atoms with Crippen molar-refractivity contribution < 1.29 is 4.39 Å². The van der Waals surface area contributed by atoms with Crippen LogP contribution in [0.2, 0.25) is 0 Å². The van der Waals surface area contributed by atoms with Crippen LogP contribution in [0.1, 0.15) is 13.3 Å². The quantitative estimate of drug-likeness (QED) is 0.439. The summed E-state index contributed by atoms with van der Waals surface area (Å²) in [7, 11) is 0. The Kier molecular flexibility index (Phi) is 6.55. The Morgan fingerprint density at radius 3 is 2.10 bits per heavy atom. The molecule has 0 saturated heterocycles. The molecule has 0 aliphatic heterocycles. The lowest BCUT2D eigenvalue weighted by molar-refractivity contribution is 0.573. The molecule has 0 aromatic carbocycles. The summed E-state index contributed by atoms with van der Waals surface area (Å²) in [4.78, 5) is 0. The van der Waals surface area contributed by atoms with Gasteiger partial charge in [-0.3, -0.25) is 0 Å². The molecule has 1 heteroatoms. The van der Waals surface area contributed by atoms with E-state index in [1.807, 2.05) is 6.92 Å². The second-order valence-corrected chi connectivity index (χ2v) is 1.34. The van der Waals surface area contributed by atoms with Crippen LogP contribution in [0, 0.1) is 35.5 Å². The van der Waals surface area contributed by atoms with Crippen molar-refractivity contribution in [3.8, 4) is 35.5 Å². The molecule has 0 radical (unpaired) electrons. The van der Waals surface area contributed by atoms with E-state index in [-0.39, 0.29) is 0 Å². The van der Waals surface area contributed by atoms with Gasteiger partial charge in [-0.15, -0.1) is 0 Å². The van der Waals surface area contributed by atoms with Gasteiger partial charge in [-0.2, -0.15) is 0 Å². The average Bonchev–Trinajstić information content (AvgIpc) is 1.97. The lowest BCUT2D eigenvalue weighted by atomic mass is 10.4. The van der Waals surface area contributed by atoms with Crippen LogP contribution in [-0.2, 0) is 0 Å². The van der Waals surface area contributed by atoms with Crippen LogP contribution >= 0.6 is 0 Å². The molecule has 0 fully saturated rings. The first kappa shape index (κ1) is 8.61. The predicted octanol–water partition coefficient (Wildman–Crippen LogP) is 1.38. The van der Waals surface area contributed by atoms with Crippen LogP contribution in [0.5, 0.6) is 0 Å². The highest BCUT2D eigenvalue weighted by molar-refractivity contribution is 5.35. The van der Waals surface area contributed by atoms with Gasteiger partial charge in [0.05, 0.1) is 0 Å². The van der Waals surface area contributed by atoms with Crippen LogP contribution in [0.4, 0.5) is 4.39 Å². The second kappa shape index (κ2) is 7.61. The fraction of sp³-hybridized carbons (Fsp3) is 0.333. The molecule has 10 heavy (non-hydrogen) atoms. The van der Waals surface area contributed by atoms with E-state index < -0.39 is 6.67 Å². The summed E-state index contributed by atoms with van der Waals surface area (Å²) in [5, 5.41) is 0. The number of rotatable bonds is 0. The Hall–Kier alpha value is -1.39. The molecule has 50 valence electrons. The highest BCUT2D eigenvalue weighted by Gasteiger charge is 1.59. The first-order valence-electron chi connectivity index (χ1n) is 2.93. The van der Waals surface area contributed by atoms with Gasteiger partial charge in [0.2, 0.25) is 0 Å². The standard InChI is InChI=1S/C9H7F/c1-2-3-4-5-6-7-8-9-10/h2,9H2,1H3. The van der Waals surface area contributed by atoms with Crippen molar-refractivity contribution in [2.75, 3.05) is 6.67 Å². The first-order valence-corrected chi connectivity index (χ1v) is 2.93. The summed E-state index contributed by atoms with van der Waals surface area (Å²) in [5.74, 6) is 14.6. The molecule has 0 rings (SSSR count). The van der Waals surface area contributed by atoms with Crippen LogP contribution in [0.25, 0.3) is 0 Å². The molecule has 0 saturated carbocycles. The third kappa shape index (κ3) is 6.61. The Balaban J connectivity index is 3.70. The van der Waals surface area contributed by atoms with E-state index in [9.17, 15) is 4.39 Å². The monoisotopic (exact) mass is 134 g/mol. The van der Waals surface area contributed by atoms with Gasteiger partial charge in [0.15, 0.2) is 6.67 Å². The van der Waals surface area contributed by atoms with Crippen LogP contribution in [0.15, 0.2) is 0 Å². The molecule has 0 aliphatic rings. The normalized spacial score (nSPS) is 5.40. The van der Waals surface area contributed by atoms with E-state index in [4.69, 9.17) is 0 Å². The van der Waals surface area contributed by atoms with Crippen molar-refractivity contribution in [1.82, 2.24) is 0 Å². The van der Waals surface area contributed by atoms with Crippen molar-refractivity contribution in [3.05, 3.63) is 0 Å². The zero-order valence-corrected chi connectivity index (χ0v) is 5.79. The van der Waals surface area contributed by atoms with Crippen molar-refractivity contribution in [3.63, 3.8) is 0 Å². The summed E-state index contributed by atoms with van der Waals surface area (Å²) in [5.41, 5.74) is 0. The Bertz CT molecular complexity index is 218. The smallest absolute Gasteiger partial charge is 0.151 e. The molecular weight excluding hydrogens is 127 g/mol. The molecule has 0 amide bonds. The van der Waals surface area contributed by atoms with Gasteiger partial charge >= 0.3 is 0 Å². The Morgan fingerprint density at radius 2 is 1.60 bits per heavy atom. The fourth-order valence-electron chi connectivity index (χ4n) is 0.273. The van der Waals surface area contributed by atoms with Crippen LogP contribution in [-0.4, -0.2) is 6.67 Å². The number of halogens is 1. The van der Waals surface area contributed by atoms with Crippen molar-refractivity contribution >= 4 is 0 Å². The molecule has 0 nitrogen and oxygen atoms in total. The van der Waals surface area contributed by atoms with Gasteiger partial charge in [-0.05, 0) is 23.7 Å². The maximum atomic E-state index is 11.3. The lowest BCUT2D eigenvalue weighted by Crippen LogP contribution is -1.59. The summed E-state index contributed by atoms with van der Waals surface area (Å²) >= 11 is 0. The number of hydrogen-bond acceptors (Lipinski definition) is 0. The first-order chi connectivity index (χ1) is 4.91. The predicted molar refractivity (Wildman–Crippen MR) is 39.6 cm³/mol. The largest absolute Gasteiger partial charge is 0.237 e. The van der Waals surface area contributed by atoms with E-state index >= 15 is 0 Å². The second-order valence-electron chi connectivity index (χ2n) is 1.34. The average molecular weight is 134 g/mol. The molecule has 0 atom stereocenters. The minimum absolute atomic E-state index is 0.643. The SMILES string of the molecule is CCC#CC#CC#CCF. The van der Waals surface area contributed by atoms with E-state index in [0.29, 0.717) is 0 Å². The summed E-state index contributed by atoms with van der Waals surface area (Å²) < 4.78 is 11.3. The molecular formula is C9H7F. The maximum Gasteiger partial charge on any atom is 0.151 e. The van der Waals surface area contributed by atoms with Crippen LogP contribution < -0.4 is 0 Å². The van der Waals surface area contributed by atoms with Gasteiger partial charge in [-0.1, -0.05) is 18.8 Å². The van der Waals surface area contributed by atoms with E-state index in [1.165, 1.54) is 0 Å². The third-order valence-electron chi connectivity index (χ3n) is 0.608. The molecule has 0 bridgehead atoms. The molecule has 0 heterocycles. The van der Waals surface area contributed by atoms with Crippen molar-refractivity contribution in [2.45, 2.75) is 13.3 Å². The minimum atomic E-state index is -0.643. The number of alkyl halides is 1. The fourth-order valence-corrected chi connectivity index (χ4v) is 0.273. The van der Waals surface area contributed by atoms with Gasteiger partial charge < -0.3 is 0 Å². The minimum Gasteiger partial charge on any atom is -0.237 e. The van der Waals surface area contributed by atoms with Gasteiger partial charge in [0.25, 0.3) is 0 Å². The third-order valence-corrected chi connectivity index (χ3v) is 0.608. The number of hydrogen-bond donors (Lipinski definition) is 0. The maximum absolute atomic E-state index is 11.3. The lowest BCUT2D eigenvalue weighted by Gasteiger charge is -1.61. The van der Waals surface area contributed by atoms with E-state index in [1.54, 1.807) is 0 Å². The highest BCUT2D eigenvalue weighted by atomic mass is 19.1. The molecule has 0 unspecified atom stereocenters. The summed E-state index contributed by atoms with van der Waals surface area (Å²) in [6.07, 6.45) is 0.783. The van der Waals surface area contributed by atoms with E-state index in [2.05, 4.69) is 35.5 Å². The molecule has 0 aromatic heterocycles. The molecule has 0 aliphatic carbocycles. The van der Waals surface area contributed by atoms with Gasteiger partial charge in [-0.25, -0.2) is 4.39 Å². The van der Waals surface area contributed by atoms with Gasteiger partial charge in [0, 0.05) is 6.42 Å². The van der Waals surface area contributed by atoms with Gasteiger partial charge in [0.1, 0.15) is 0 Å². The zero-order chi connectivity index (χ0) is 7.66. The van der Waals surface area contributed by atoms with E-state index in [0.717, 1.165) is 6.42 Å². The van der Waals surface area contributed by atoms with Crippen molar-refractivity contribution in [2.24, 2.45) is 0 Å². The highest BCUT2D eigenvalue weighted by Crippen LogP contribution is 1.64.